The fourth-order valence-corrected chi connectivity index (χ4v) is 2.12. The van der Waals surface area contributed by atoms with Crippen LogP contribution < -0.4 is 11.5 Å². The van der Waals surface area contributed by atoms with Crippen LogP contribution in [0.4, 0.5) is 11.4 Å². The van der Waals surface area contributed by atoms with Gasteiger partial charge in [0.25, 0.3) is 0 Å². The highest BCUT2D eigenvalue weighted by Gasteiger charge is 2.35. The molecule has 0 aliphatic carbocycles. The minimum absolute atomic E-state index is 0.635. The van der Waals surface area contributed by atoms with Crippen LogP contribution in [0.5, 0.6) is 0 Å². The van der Waals surface area contributed by atoms with Gasteiger partial charge in [-0.2, -0.15) is 0 Å². The highest BCUT2D eigenvalue weighted by Crippen LogP contribution is 2.35. The Balaban J connectivity index is 2.54. The molecular weight excluding hydrogens is 240 g/mol. The zero-order valence-corrected chi connectivity index (χ0v) is 10.7. The normalized spacial score (nSPS) is 11.8. The van der Waals surface area contributed by atoms with Gasteiger partial charge in [-0.1, -0.05) is 24.3 Å². The molecule has 0 radical (unpaired) electrons. The van der Waals surface area contributed by atoms with E-state index in [2.05, 4.69) is 0 Å². The molecule has 2 rings (SSSR count). The van der Waals surface area contributed by atoms with E-state index < -0.39 is 11.7 Å². The summed E-state index contributed by atoms with van der Waals surface area (Å²) in [6.45, 7) is 1.77. The van der Waals surface area contributed by atoms with Crippen molar-refractivity contribution in [3.05, 3.63) is 59.7 Å². The number of nitrogens with two attached hydrogens (primary N) is 2. The largest absolute Gasteiger partial charge is 0.399 e. The Kier molecular flexibility index (Phi) is 3.46. The maximum Gasteiger partial charge on any atom is 0.165 e. The van der Waals surface area contributed by atoms with Gasteiger partial charge < -0.3 is 21.7 Å². The number of rotatable bonds is 3. The molecular formula is C15H18N2O2. The molecule has 4 heteroatoms. The van der Waals surface area contributed by atoms with Crippen LogP contribution in [0, 0.1) is 0 Å². The molecule has 0 spiro atoms. The summed E-state index contributed by atoms with van der Waals surface area (Å²) >= 11 is 0. The molecule has 0 saturated carbocycles. The monoisotopic (exact) mass is 258 g/mol. The van der Waals surface area contributed by atoms with Gasteiger partial charge in [0.15, 0.2) is 6.29 Å². The van der Waals surface area contributed by atoms with Crippen LogP contribution in [-0.4, -0.2) is 16.5 Å². The molecule has 0 unspecified atom stereocenters. The first-order chi connectivity index (χ1) is 8.94. The van der Waals surface area contributed by atoms with Gasteiger partial charge in [-0.05, 0) is 42.3 Å². The van der Waals surface area contributed by atoms with Crippen LogP contribution in [-0.2, 0) is 5.41 Å². The molecule has 0 aliphatic heterocycles. The topological polar surface area (TPSA) is 92.5 Å². The van der Waals surface area contributed by atoms with Crippen molar-refractivity contribution in [1.29, 1.82) is 0 Å². The lowest BCUT2D eigenvalue weighted by molar-refractivity contribution is -0.0820. The Hall–Kier alpha value is -2.04. The van der Waals surface area contributed by atoms with E-state index in [1.807, 2.05) is 0 Å². The molecule has 2 aromatic rings. The smallest absolute Gasteiger partial charge is 0.165 e. The Morgan fingerprint density at radius 3 is 1.37 bits per heavy atom. The quantitative estimate of drug-likeness (QED) is 0.495. The number of hydrogen-bond acceptors (Lipinski definition) is 4. The second kappa shape index (κ2) is 4.91. The van der Waals surface area contributed by atoms with E-state index in [1.165, 1.54) is 0 Å². The van der Waals surface area contributed by atoms with E-state index in [9.17, 15) is 10.2 Å². The van der Waals surface area contributed by atoms with Crippen LogP contribution in [0.3, 0.4) is 0 Å². The fraction of sp³-hybridized carbons (Fsp3) is 0.200. The lowest BCUT2D eigenvalue weighted by atomic mass is 9.75. The molecule has 100 valence electrons. The third-order valence-electron chi connectivity index (χ3n) is 3.54. The molecule has 0 aliphatic rings. The van der Waals surface area contributed by atoms with Crippen LogP contribution in [0.15, 0.2) is 48.5 Å². The van der Waals surface area contributed by atoms with Gasteiger partial charge in [0.2, 0.25) is 0 Å². The second-order valence-corrected chi connectivity index (χ2v) is 4.82. The Labute approximate surface area is 112 Å². The molecule has 0 bridgehead atoms. The molecule has 19 heavy (non-hydrogen) atoms. The van der Waals surface area contributed by atoms with Crippen molar-refractivity contribution in [2.75, 3.05) is 11.5 Å². The van der Waals surface area contributed by atoms with Crippen LogP contribution in [0.1, 0.15) is 18.1 Å². The summed E-state index contributed by atoms with van der Waals surface area (Å²) < 4.78 is 0. The van der Waals surface area contributed by atoms with Gasteiger partial charge in [0.1, 0.15) is 0 Å². The SMILES string of the molecule is CC(c1ccc(N)cc1)(c1ccc(N)cc1)C(O)O. The molecule has 6 N–H and O–H groups in total. The first kappa shape index (κ1) is 13.4. The van der Waals surface area contributed by atoms with Crippen molar-refractivity contribution in [3.8, 4) is 0 Å². The molecule has 0 atom stereocenters. The maximum absolute atomic E-state index is 9.81. The first-order valence-corrected chi connectivity index (χ1v) is 6.03. The highest BCUT2D eigenvalue weighted by atomic mass is 16.5. The van der Waals surface area contributed by atoms with Crippen molar-refractivity contribution >= 4 is 11.4 Å². The Bertz CT molecular complexity index is 502. The van der Waals surface area contributed by atoms with Crippen molar-refractivity contribution < 1.29 is 10.2 Å². The summed E-state index contributed by atoms with van der Waals surface area (Å²) in [5.41, 5.74) is 13.2. The van der Waals surface area contributed by atoms with Gasteiger partial charge in [-0.25, -0.2) is 0 Å². The Morgan fingerprint density at radius 2 is 1.11 bits per heavy atom. The lowest BCUT2D eigenvalue weighted by Gasteiger charge is -2.32. The number of aliphatic hydroxyl groups is 2. The van der Waals surface area contributed by atoms with Crippen molar-refractivity contribution in [3.63, 3.8) is 0 Å². The number of nitrogen functional groups attached to an aromatic ring is 2. The third kappa shape index (κ3) is 2.41. The van der Waals surface area contributed by atoms with Gasteiger partial charge in [0.05, 0.1) is 5.41 Å². The molecule has 0 aromatic heterocycles. The lowest BCUT2D eigenvalue weighted by Crippen LogP contribution is -2.37. The van der Waals surface area contributed by atoms with E-state index >= 15 is 0 Å². The molecule has 0 heterocycles. The van der Waals surface area contributed by atoms with E-state index in [4.69, 9.17) is 11.5 Å². The predicted molar refractivity (Wildman–Crippen MR) is 76.4 cm³/mol. The van der Waals surface area contributed by atoms with E-state index in [-0.39, 0.29) is 0 Å². The molecule has 2 aromatic carbocycles. The average Bonchev–Trinajstić information content (AvgIpc) is 2.39. The summed E-state index contributed by atoms with van der Waals surface area (Å²) in [4.78, 5) is 0. The minimum Gasteiger partial charge on any atom is -0.399 e. The van der Waals surface area contributed by atoms with Crippen molar-refractivity contribution in [2.45, 2.75) is 18.6 Å². The van der Waals surface area contributed by atoms with Crippen LogP contribution in [0.2, 0.25) is 0 Å². The summed E-state index contributed by atoms with van der Waals surface area (Å²) in [7, 11) is 0. The standard InChI is InChI=1S/C15H18N2O2/c1-15(14(18)19,10-2-6-12(16)7-3-10)11-4-8-13(17)9-5-11/h2-9,14,18-19H,16-17H2,1H3. The molecule has 0 saturated heterocycles. The molecule has 0 fully saturated rings. The van der Waals surface area contributed by atoms with Gasteiger partial charge in [0, 0.05) is 11.4 Å². The van der Waals surface area contributed by atoms with Crippen LogP contribution >= 0.6 is 0 Å². The molecule has 4 nitrogen and oxygen atoms in total. The number of aliphatic hydroxyl groups excluding tert-OH is 1. The number of anilines is 2. The van der Waals surface area contributed by atoms with Gasteiger partial charge in [-0.3, -0.25) is 0 Å². The van der Waals surface area contributed by atoms with E-state index in [0.717, 1.165) is 11.1 Å². The summed E-state index contributed by atoms with van der Waals surface area (Å²) in [5, 5.41) is 19.6. The maximum atomic E-state index is 9.81. The van der Waals surface area contributed by atoms with E-state index in [0.29, 0.717) is 11.4 Å². The minimum atomic E-state index is -1.53. The summed E-state index contributed by atoms with van der Waals surface area (Å²) in [6.07, 6.45) is -1.53. The predicted octanol–water partition coefficient (Wildman–Crippen LogP) is 1.47. The van der Waals surface area contributed by atoms with Crippen molar-refractivity contribution in [2.24, 2.45) is 0 Å². The molecule has 0 amide bonds. The zero-order chi connectivity index (χ0) is 14.0. The van der Waals surface area contributed by atoms with Crippen LogP contribution in [0.25, 0.3) is 0 Å². The first-order valence-electron chi connectivity index (χ1n) is 6.03. The number of hydrogen-bond donors (Lipinski definition) is 4. The third-order valence-corrected chi connectivity index (χ3v) is 3.54. The van der Waals surface area contributed by atoms with Crippen molar-refractivity contribution in [1.82, 2.24) is 0 Å². The van der Waals surface area contributed by atoms with Gasteiger partial charge in [-0.15, -0.1) is 0 Å². The zero-order valence-electron chi connectivity index (χ0n) is 10.7. The summed E-state index contributed by atoms with van der Waals surface area (Å²) in [6, 6.07) is 14.2. The number of benzene rings is 2. The summed E-state index contributed by atoms with van der Waals surface area (Å²) in [5.74, 6) is 0. The van der Waals surface area contributed by atoms with Gasteiger partial charge >= 0.3 is 0 Å². The highest BCUT2D eigenvalue weighted by molar-refractivity contribution is 5.48. The van der Waals surface area contributed by atoms with E-state index in [1.54, 1.807) is 55.5 Å². The average molecular weight is 258 g/mol. The Morgan fingerprint density at radius 1 is 0.789 bits per heavy atom. The second-order valence-electron chi connectivity index (χ2n) is 4.82. The fourth-order valence-electron chi connectivity index (χ4n) is 2.12.